The molecule has 0 radical (unpaired) electrons. The van der Waals surface area contributed by atoms with E-state index in [2.05, 4.69) is 5.32 Å². The predicted molar refractivity (Wildman–Crippen MR) is 56.7 cm³/mol. The van der Waals surface area contributed by atoms with Gasteiger partial charge in [-0.2, -0.15) is 13.2 Å². The van der Waals surface area contributed by atoms with Crippen LogP contribution >= 0.6 is 22.9 Å². The summed E-state index contributed by atoms with van der Waals surface area (Å²) in [5.74, 6) is -1.41. The summed E-state index contributed by atoms with van der Waals surface area (Å²) in [6, 6.07) is 2.94. The van der Waals surface area contributed by atoms with Gasteiger partial charge in [-0.05, 0) is 32.1 Å². The first-order chi connectivity index (χ1) is 6.95. The SMILES string of the molecule is CNCCC(c1ccc(Cl)s1)C(F)(F)F. The van der Waals surface area contributed by atoms with Crippen molar-refractivity contribution in [3.05, 3.63) is 21.3 Å². The third kappa shape index (κ3) is 3.66. The maximum Gasteiger partial charge on any atom is 0.396 e. The van der Waals surface area contributed by atoms with Crippen LogP contribution in [0.1, 0.15) is 17.2 Å². The van der Waals surface area contributed by atoms with Gasteiger partial charge in [-0.15, -0.1) is 11.3 Å². The zero-order chi connectivity index (χ0) is 11.5. The van der Waals surface area contributed by atoms with E-state index in [1.807, 2.05) is 0 Å². The minimum Gasteiger partial charge on any atom is -0.320 e. The van der Waals surface area contributed by atoms with E-state index in [0.717, 1.165) is 11.3 Å². The molecule has 0 bridgehead atoms. The maximum atomic E-state index is 12.7. The highest BCUT2D eigenvalue weighted by Crippen LogP contribution is 2.41. The lowest BCUT2D eigenvalue weighted by atomic mass is 10.0. The second-order valence-corrected chi connectivity index (χ2v) is 4.87. The summed E-state index contributed by atoms with van der Waals surface area (Å²) >= 11 is 6.61. The molecule has 1 aromatic rings. The molecule has 15 heavy (non-hydrogen) atoms. The summed E-state index contributed by atoms with van der Waals surface area (Å²) in [6.07, 6.45) is -4.16. The molecule has 0 saturated carbocycles. The molecule has 0 aliphatic rings. The Kier molecular flexibility index (Phi) is 4.43. The molecule has 1 unspecified atom stereocenters. The molecule has 1 heterocycles. The molecule has 0 amide bonds. The summed E-state index contributed by atoms with van der Waals surface area (Å²) < 4.78 is 38.4. The quantitative estimate of drug-likeness (QED) is 0.868. The van der Waals surface area contributed by atoms with Crippen molar-refractivity contribution in [3.8, 4) is 0 Å². The summed E-state index contributed by atoms with van der Waals surface area (Å²) in [4.78, 5) is 0.280. The lowest BCUT2D eigenvalue weighted by molar-refractivity contribution is -0.150. The molecule has 6 heteroatoms. The van der Waals surface area contributed by atoms with E-state index < -0.39 is 12.1 Å². The Morgan fingerprint density at radius 2 is 2.13 bits per heavy atom. The van der Waals surface area contributed by atoms with Crippen LogP contribution in [0.15, 0.2) is 12.1 Å². The summed E-state index contributed by atoms with van der Waals surface area (Å²) in [6.45, 7) is 0.333. The van der Waals surface area contributed by atoms with E-state index in [-0.39, 0.29) is 11.3 Å². The van der Waals surface area contributed by atoms with Gasteiger partial charge < -0.3 is 5.32 Å². The fourth-order valence-corrected chi connectivity index (χ4v) is 2.49. The van der Waals surface area contributed by atoms with Gasteiger partial charge in [-0.25, -0.2) is 0 Å². The van der Waals surface area contributed by atoms with Crippen LogP contribution in [0.4, 0.5) is 13.2 Å². The largest absolute Gasteiger partial charge is 0.396 e. The van der Waals surface area contributed by atoms with E-state index in [1.165, 1.54) is 12.1 Å². The molecule has 1 nitrogen and oxygen atoms in total. The molecule has 1 N–H and O–H groups in total. The highest BCUT2D eigenvalue weighted by atomic mass is 35.5. The minimum atomic E-state index is -4.20. The van der Waals surface area contributed by atoms with Crippen LogP contribution in [0.25, 0.3) is 0 Å². The molecule has 86 valence electrons. The summed E-state index contributed by atoms with van der Waals surface area (Å²) in [7, 11) is 1.63. The van der Waals surface area contributed by atoms with Gasteiger partial charge in [-0.3, -0.25) is 0 Å². The molecule has 0 saturated heterocycles. The molecule has 0 aromatic carbocycles. The Morgan fingerprint density at radius 3 is 2.53 bits per heavy atom. The fraction of sp³-hybridized carbons (Fsp3) is 0.556. The van der Waals surface area contributed by atoms with Crippen LogP contribution in [0.2, 0.25) is 4.34 Å². The number of hydrogen-bond acceptors (Lipinski definition) is 2. The molecule has 1 aromatic heterocycles. The Hall–Kier alpha value is -0.260. The standard InChI is InChI=1S/C9H11ClF3NS/c1-14-5-4-6(9(11,12)13)7-2-3-8(10)15-7/h2-3,6,14H,4-5H2,1H3. The van der Waals surface area contributed by atoms with Crippen LogP contribution in [-0.2, 0) is 0 Å². The van der Waals surface area contributed by atoms with Crippen LogP contribution in [0.5, 0.6) is 0 Å². The first kappa shape index (κ1) is 12.8. The number of nitrogens with one attached hydrogen (secondary N) is 1. The lowest BCUT2D eigenvalue weighted by Crippen LogP contribution is -2.23. The first-order valence-corrected chi connectivity index (χ1v) is 5.61. The van der Waals surface area contributed by atoms with E-state index >= 15 is 0 Å². The predicted octanol–water partition coefficient (Wildman–Crippen LogP) is 3.66. The van der Waals surface area contributed by atoms with Gasteiger partial charge in [0.15, 0.2) is 0 Å². The number of thiophene rings is 1. The Morgan fingerprint density at radius 1 is 1.47 bits per heavy atom. The van der Waals surface area contributed by atoms with Crippen molar-refractivity contribution >= 4 is 22.9 Å². The second kappa shape index (κ2) is 5.18. The fourth-order valence-electron chi connectivity index (χ4n) is 1.27. The number of hydrogen-bond donors (Lipinski definition) is 1. The van der Waals surface area contributed by atoms with Crippen LogP contribution < -0.4 is 5.32 Å². The zero-order valence-electron chi connectivity index (χ0n) is 8.07. The molecule has 0 aliphatic heterocycles. The van der Waals surface area contributed by atoms with Crippen molar-refractivity contribution < 1.29 is 13.2 Å². The van der Waals surface area contributed by atoms with Crippen molar-refractivity contribution in [1.29, 1.82) is 0 Å². The monoisotopic (exact) mass is 257 g/mol. The number of rotatable bonds is 4. The molecule has 1 atom stereocenters. The molecular weight excluding hydrogens is 247 g/mol. The average Bonchev–Trinajstić information content (AvgIpc) is 2.50. The van der Waals surface area contributed by atoms with Crippen molar-refractivity contribution in [1.82, 2.24) is 5.32 Å². The number of halogens is 4. The number of alkyl halides is 3. The first-order valence-electron chi connectivity index (χ1n) is 4.41. The van der Waals surface area contributed by atoms with Crippen LogP contribution in [-0.4, -0.2) is 19.8 Å². The molecule has 0 fully saturated rings. The van der Waals surface area contributed by atoms with E-state index in [4.69, 9.17) is 11.6 Å². The highest BCUT2D eigenvalue weighted by Gasteiger charge is 2.40. The minimum absolute atomic E-state index is 0.0385. The lowest BCUT2D eigenvalue weighted by Gasteiger charge is -2.18. The van der Waals surface area contributed by atoms with E-state index in [0.29, 0.717) is 10.9 Å². The van der Waals surface area contributed by atoms with Gasteiger partial charge in [0.2, 0.25) is 0 Å². The smallest absolute Gasteiger partial charge is 0.320 e. The van der Waals surface area contributed by atoms with Gasteiger partial charge in [0, 0.05) is 4.88 Å². The average molecular weight is 258 g/mol. The van der Waals surface area contributed by atoms with Gasteiger partial charge in [0.1, 0.15) is 0 Å². The van der Waals surface area contributed by atoms with Crippen molar-refractivity contribution in [2.24, 2.45) is 0 Å². The topological polar surface area (TPSA) is 12.0 Å². The zero-order valence-corrected chi connectivity index (χ0v) is 9.64. The van der Waals surface area contributed by atoms with E-state index in [9.17, 15) is 13.2 Å². The third-order valence-electron chi connectivity index (χ3n) is 2.02. The van der Waals surface area contributed by atoms with Crippen LogP contribution in [0.3, 0.4) is 0 Å². The molecule has 0 spiro atoms. The third-order valence-corrected chi connectivity index (χ3v) is 3.36. The van der Waals surface area contributed by atoms with Crippen molar-refractivity contribution in [2.75, 3.05) is 13.6 Å². The van der Waals surface area contributed by atoms with Crippen LogP contribution in [0, 0.1) is 0 Å². The van der Waals surface area contributed by atoms with Crippen molar-refractivity contribution in [3.63, 3.8) is 0 Å². The normalized spacial score (nSPS) is 14.2. The Labute approximate surface area is 95.2 Å². The maximum absolute atomic E-state index is 12.7. The van der Waals surface area contributed by atoms with Crippen molar-refractivity contribution in [2.45, 2.75) is 18.5 Å². The summed E-state index contributed by atoms with van der Waals surface area (Å²) in [5, 5.41) is 2.72. The Bertz CT molecular complexity index is 311. The Balaban J connectivity index is 2.81. The highest BCUT2D eigenvalue weighted by molar-refractivity contribution is 7.16. The second-order valence-electron chi connectivity index (χ2n) is 3.13. The molecule has 0 aliphatic carbocycles. The van der Waals surface area contributed by atoms with Gasteiger partial charge in [0.25, 0.3) is 0 Å². The molecular formula is C9H11ClF3NS. The van der Waals surface area contributed by atoms with Gasteiger partial charge in [0.05, 0.1) is 10.3 Å². The molecule has 1 rings (SSSR count). The van der Waals surface area contributed by atoms with Gasteiger partial charge >= 0.3 is 6.18 Å². The van der Waals surface area contributed by atoms with E-state index in [1.54, 1.807) is 7.05 Å². The van der Waals surface area contributed by atoms with Gasteiger partial charge in [-0.1, -0.05) is 11.6 Å². The summed E-state index contributed by atoms with van der Waals surface area (Å²) in [5.41, 5.74) is 0.